The predicted octanol–water partition coefficient (Wildman–Crippen LogP) is 4.74. The lowest BCUT2D eigenvalue weighted by Gasteiger charge is -2.28. The monoisotopic (exact) mass is 393 g/mol. The molecule has 1 aromatic carbocycles. The van der Waals surface area contributed by atoms with Crippen molar-refractivity contribution in [1.82, 2.24) is 14.9 Å². The summed E-state index contributed by atoms with van der Waals surface area (Å²) in [6.45, 7) is 2.17. The van der Waals surface area contributed by atoms with Gasteiger partial charge in [-0.15, -0.1) is 13.2 Å². The van der Waals surface area contributed by atoms with E-state index in [1.54, 1.807) is 18.3 Å². The summed E-state index contributed by atoms with van der Waals surface area (Å²) in [5, 5.41) is 1.47. The zero-order chi connectivity index (χ0) is 19.0. The molecule has 0 saturated heterocycles. The Bertz CT molecular complexity index is 976. The van der Waals surface area contributed by atoms with Crippen molar-refractivity contribution in [2.24, 2.45) is 0 Å². The number of pyridine rings is 2. The maximum Gasteiger partial charge on any atom is 0.573 e. The number of nitrogens with zero attached hydrogens (tertiary/aromatic N) is 3. The van der Waals surface area contributed by atoms with Crippen LogP contribution in [0.2, 0.25) is 5.02 Å². The quantitative estimate of drug-likeness (QED) is 0.644. The molecule has 0 unspecified atom stereocenters. The molecule has 27 heavy (non-hydrogen) atoms. The first kappa shape index (κ1) is 18.0. The molecule has 0 atom stereocenters. The maximum absolute atomic E-state index is 12.2. The van der Waals surface area contributed by atoms with Crippen LogP contribution in [0.3, 0.4) is 0 Å². The highest BCUT2D eigenvalue weighted by Gasteiger charge is 2.31. The van der Waals surface area contributed by atoms with Gasteiger partial charge in [0.25, 0.3) is 0 Å². The van der Waals surface area contributed by atoms with Gasteiger partial charge >= 0.3 is 6.36 Å². The number of hydrogen-bond acceptors (Lipinski definition) is 4. The molecular weight excluding hydrogens is 379 g/mol. The van der Waals surface area contributed by atoms with Gasteiger partial charge in [0.2, 0.25) is 0 Å². The van der Waals surface area contributed by atoms with E-state index in [0.717, 1.165) is 35.2 Å². The highest BCUT2D eigenvalue weighted by atomic mass is 35.5. The predicted molar refractivity (Wildman–Crippen MR) is 95.5 cm³/mol. The van der Waals surface area contributed by atoms with Gasteiger partial charge < -0.3 is 4.74 Å². The minimum Gasteiger partial charge on any atom is -0.406 e. The Morgan fingerprint density at radius 3 is 2.67 bits per heavy atom. The summed E-state index contributed by atoms with van der Waals surface area (Å²) >= 11 is 6.01. The maximum atomic E-state index is 12.2. The van der Waals surface area contributed by atoms with Gasteiger partial charge in [-0.25, -0.2) is 9.97 Å². The van der Waals surface area contributed by atoms with Crippen molar-refractivity contribution in [3.8, 4) is 5.75 Å². The van der Waals surface area contributed by atoms with Crippen LogP contribution in [0, 0.1) is 0 Å². The Balaban J connectivity index is 1.48. The van der Waals surface area contributed by atoms with Crippen LogP contribution in [0.4, 0.5) is 13.2 Å². The summed E-state index contributed by atoms with van der Waals surface area (Å²) in [6, 6.07) is 9.88. The fourth-order valence-corrected chi connectivity index (χ4v) is 3.41. The third-order valence-corrected chi connectivity index (χ3v) is 4.63. The van der Waals surface area contributed by atoms with Crippen molar-refractivity contribution in [3.05, 3.63) is 64.4 Å². The first-order valence-corrected chi connectivity index (χ1v) is 8.75. The molecule has 0 spiro atoms. The average molecular weight is 394 g/mol. The number of halogens is 4. The zero-order valence-electron chi connectivity index (χ0n) is 14.1. The highest BCUT2D eigenvalue weighted by Crippen LogP contribution is 2.26. The van der Waals surface area contributed by atoms with Gasteiger partial charge in [-0.2, -0.15) is 0 Å². The van der Waals surface area contributed by atoms with Crippen molar-refractivity contribution in [1.29, 1.82) is 0 Å². The molecule has 1 aliphatic heterocycles. The molecule has 4 nitrogen and oxygen atoms in total. The van der Waals surface area contributed by atoms with Gasteiger partial charge in [0.1, 0.15) is 5.75 Å². The van der Waals surface area contributed by atoms with Gasteiger partial charge in [-0.3, -0.25) is 4.90 Å². The van der Waals surface area contributed by atoms with Gasteiger partial charge in [-0.05, 0) is 35.4 Å². The minimum absolute atomic E-state index is 0.213. The Hall–Kier alpha value is -2.38. The van der Waals surface area contributed by atoms with E-state index in [2.05, 4.69) is 25.7 Å². The second-order valence-electron chi connectivity index (χ2n) is 6.45. The molecule has 0 amide bonds. The van der Waals surface area contributed by atoms with Crippen LogP contribution in [-0.2, 0) is 19.5 Å². The molecule has 3 aromatic rings. The van der Waals surface area contributed by atoms with Crippen LogP contribution in [0.5, 0.6) is 5.75 Å². The lowest BCUT2D eigenvalue weighted by atomic mass is 10.0. The van der Waals surface area contributed by atoms with E-state index >= 15 is 0 Å². The van der Waals surface area contributed by atoms with Crippen molar-refractivity contribution in [2.75, 3.05) is 6.54 Å². The summed E-state index contributed by atoms with van der Waals surface area (Å²) in [5.41, 5.74) is 3.76. The summed E-state index contributed by atoms with van der Waals surface area (Å²) in [5.74, 6) is -0.213. The van der Waals surface area contributed by atoms with Gasteiger partial charge in [0, 0.05) is 43.3 Å². The molecule has 1 aliphatic rings. The number of hydrogen-bond donors (Lipinski definition) is 0. The van der Waals surface area contributed by atoms with E-state index in [0.29, 0.717) is 23.8 Å². The van der Waals surface area contributed by atoms with Gasteiger partial charge in [-0.1, -0.05) is 23.7 Å². The Morgan fingerprint density at radius 1 is 1.15 bits per heavy atom. The standard InChI is InChI=1S/C19H15ClF3N3O/c20-15-8-13-7-14-11-26(6-5-17(14)25-18(13)24-9-15)10-12-1-3-16(4-2-12)27-19(21,22)23/h1-4,7-9H,5-6,10-11H2. The first-order chi connectivity index (χ1) is 12.9. The molecule has 0 saturated carbocycles. The van der Waals surface area contributed by atoms with Crippen molar-refractivity contribution in [2.45, 2.75) is 25.9 Å². The van der Waals surface area contributed by atoms with Crippen LogP contribution in [0.1, 0.15) is 16.8 Å². The number of rotatable bonds is 3. The number of benzene rings is 1. The summed E-state index contributed by atoms with van der Waals surface area (Å²) in [4.78, 5) is 11.1. The van der Waals surface area contributed by atoms with Crippen molar-refractivity contribution >= 4 is 22.6 Å². The fourth-order valence-electron chi connectivity index (χ4n) is 3.25. The van der Waals surface area contributed by atoms with E-state index in [1.165, 1.54) is 12.1 Å². The Kier molecular flexibility index (Phi) is 4.65. The topological polar surface area (TPSA) is 38.2 Å². The molecule has 0 N–H and O–H groups in total. The molecule has 2 aromatic heterocycles. The fraction of sp³-hybridized carbons (Fsp3) is 0.263. The summed E-state index contributed by atoms with van der Waals surface area (Å²) in [6.07, 6.45) is -2.29. The molecule has 0 fully saturated rings. The third-order valence-electron chi connectivity index (χ3n) is 4.42. The zero-order valence-corrected chi connectivity index (χ0v) is 14.9. The van der Waals surface area contributed by atoms with Gasteiger partial charge in [0.15, 0.2) is 5.65 Å². The van der Waals surface area contributed by atoms with Crippen LogP contribution in [0.15, 0.2) is 42.6 Å². The average Bonchev–Trinajstić information content (AvgIpc) is 2.60. The molecular formula is C19H15ClF3N3O. The molecule has 4 rings (SSSR count). The van der Waals surface area contributed by atoms with Crippen molar-refractivity contribution < 1.29 is 17.9 Å². The molecule has 3 heterocycles. The molecule has 0 aliphatic carbocycles. The molecule has 140 valence electrons. The smallest absolute Gasteiger partial charge is 0.406 e. The molecule has 0 bridgehead atoms. The number of alkyl halides is 3. The SMILES string of the molecule is FC(F)(F)Oc1ccc(CN2CCc3nc4ncc(Cl)cc4cc3C2)cc1. The van der Waals surface area contributed by atoms with Crippen LogP contribution >= 0.6 is 11.6 Å². The lowest BCUT2D eigenvalue weighted by Crippen LogP contribution is -2.30. The van der Waals surface area contributed by atoms with E-state index < -0.39 is 6.36 Å². The van der Waals surface area contributed by atoms with E-state index in [1.807, 2.05) is 6.07 Å². The first-order valence-electron chi connectivity index (χ1n) is 8.37. The highest BCUT2D eigenvalue weighted by molar-refractivity contribution is 6.31. The van der Waals surface area contributed by atoms with E-state index in [-0.39, 0.29) is 5.75 Å². The molecule has 0 radical (unpaired) electrons. The second-order valence-corrected chi connectivity index (χ2v) is 6.88. The number of ether oxygens (including phenoxy) is 1. The minimum atomic E-state index is -4.67. The number of fused-ring (bicyclic) bond motifs is 2. The second kappa shape index (κ2) is 6.98. The van der Waals surface area contributed by atoms with Gasteiger partial charge in [0.05, 0.1) is 5.02 Å². The summed E-state index contributed by atoms with van der Waals surface area (Å²) < 4.78 is 40.6. The van der Waals surface area contributed by atoms with Crippen LogP contribution < -0.4 is 4.74 Å². The van der Waals surface area contributed by atoms with Crippen molar-refractivity contribution in [3.63, 3.8) is 0 Å². The third kappa shape index (κ3) is 4.31. The summed E-state index contributed by atoms with van der Waals surface area (Å²) in [7, 11) is 0. The number of aromatic nitrogens is 2. The van der Waals surface area contributed by atoms with E-state index in [4.69, 9.17) is 11.6 Å². The van der Waals surface area contributed by atoms with E-state index in [9.17, 15) is 13.2 Å². The molecule has 8 heteroatoms. The Labute approximate surface area is 158 Å². The normalized spacial score (nSPS) is 15.0. The van der Waals surface area contributed by atoms with Crippen LogP contribution in [-0.4, -0.2) is 27.8 Å². The Morgan fingerprint density at radius 2 is 1.93 bits per heavy atom. The largest absolute Gasteiger partial charge is 0.573 e. The lowest BCUT2D eigenvalue weighted by molar-refractivity contribution is -0.274. The van der Waals surface area contributed by atoms with Crippen LogP contribution in [0.25, 0.3) is 11.0 Å².